The van der Waals surface area contributed by atoms with Gasteiger partial charge in [-0.2, -0.15) is 5.10 Å². The average molecular weight is 360 g/mol. The van der Waals surface area contributed by atoms with Gasteiger partial charge in [0.2, 0.25) is 0 Å². The lowest BCUT2D eigenvalue weighted by molar-refractivity contribution is 0.297. The van der Waals surface area contributed by atoms with Crippen molar-refractivity contribution in [1.82, 2.24) is 9.78 Å². The van der Waals surface area contributed by atoms with Crippen LogP contribution in [0.3, 0.4) is 0 Å². The minimum absolute atomic E-state index is 0.523. The predicted molar refractivity (Wildman–Crippen MR) is 83.0 cm³/mol. The van der Waals surface area contributed by atoms with Gasteiger partial charge in [-0.25, -0.2) is 0 Å². The highest BCUT2D eigenvalue weighted by molar-refractivity contribution is 9.08. The lowest BCUT2D eigenvalue weighted by Crippen LogP contribution is -2.03. The van der Waals surface area contributed by atoms with E-state index < -0.39 is 0 Å². The molecule has 0 saturated heterocycles. The quantitative estimate of drug-likeness (QED) is 0.739. The van der Waals surface area contributed by atoms with Crippen LogP contribution in [0.5, 0.6) is 11.5 Å². The molecule has 1 aromatic carbocycles. The van der Waals surface area contributed by atoms with Crippen LogP contribution < -0.4 is 9.47 Å². The first-order valence-electron chi connectivity index (χ1n) is 6.16. The van der Waals surface area contributed by atoms with E-state index >= 15 is 0 Å². The predicted octanol–water partition coefficient (Wildman–Crippen LogP) is 3.60. The van der Waals surface area contributed by atoms with Gasteiger partial charge in [-0.15, -0.1) is 0 Å². The Morgan fingerprint density at radius 2 is 2.15 bits per heavy atom. The molecule has 2 aromatic rings. The Kier molecular flexibility index (Phi) is 5.31. The molecule has 0 fully saturated rings. The molecule has 0 aliphatic heterocycles. The Hall–Kier alpha value is -1.20. The molecule has 4 nitrogen and oxygen atoms in total. The van der Waals surface area contributed by atoms with Gasteiger partial charge in [0.25, 0.3) is 0 Å². The zero-order valence-electron chi connectivity index (χ0n) is 11.4. The van der Waals surface area contributed by atoms with Crippen LogP contribution in [0, 0.1) is 0 Å². The molecule has 0 saturated carbocycles. The van der Waals surface area contributed by atoms with E-state index in [4.69, 9.17) is 21.1 Å². The number of halogens is 2. The zero-order chi connectivity index (χ0) is 14.5. The van der Waals surface area contributed by atoms with Crippen molar-refractivity contribution in [3.05, 3.63) is 40.7 Å². The fourth-order valence-electron chi connectivity index (χ4n) is 1.86. The van der Waals surface area contributed by atoms with Gasteiger partial charge in [-0.3, -0.25) is 4.68 Å². The zero-order valence-corrected chi connectivity index (χ0v) is 13.7. The van der Waals surface area contributed by atoms with Crippen molar-refractivity contribution in [3.63, 3.8) is 0 Å². The van der Waals surface area contributed by atoms with Gasteiger partial charge in [0.1, 0.15) is 0 Å². The second-order valence-electron chi connectivity index (χ2n) is 4.36. The minimum Gasteiger partial charge on any atom is -0.493 e. The molecule has 6 heteroatoms. The Balaban J connectivity index is 2.05. The first kappa shape index (κ1) is 15.2. The molecule has 0 radical (unpaired) electrons. The minimum atomic E-state index is 0.523. The third-order valence-electron chi connectivity index (χ3n) is 2.84. The van der Waals surface area contributed by atoms with E-state index in [-0.39, 0.29) is 0 Å². The normalized spacial score (nSPS) is 10.6. The van der Waals surface area contributed by atoms with E-state index in [2.05, 4.69) is 21.0 Å². The number of alkyl halides is 1. The Morgan fingerprint density at radius 3 is 2.75 bits per heavy atom. The number of hydrogen-bond donors (Lipinski definition) is 0. The lowest BCUT2D eigenvalue weighted by atomic mass is 10.2. The van der Waals surface area contributed by atoms with Gasteiger partial charge < -0.3 is 9.47 Å². The third kappa shape index (κ3) is 3.67. The Labute approximate surface area is 131 Å². The summed E-state index contributed by atoms with van der Waals surface area (Å²) in [5, 5.41) is 5.40. The van der Waals surface area contributed by atoms with E-state index in [1.807, 2.05) is 31.6 Å². The maximum Gasteiger partial charge on any atom is 0.179 e. The second-order valence-corrected chi connectivity index (χ2v) is 5.33. The number of methoxy groups -OCH3 is 1. The summed E-state index contributed by atoms with van der Waals surface area (Å²) < 4.78 is 12.9. The summed E-state index contributed by atoms with van der Waals surface area (Å²) in [6.07, 6.45) is 4.57. The molecular weight excluding hydrogens is 344 g/mol. The molecule has 1 heterocycles. The van der Waals surface area contributed by atoms with Gasteiger partial charge >= 0.3 is 0 Å². The number of benzene rings is 1. The van der Waals surface area contributed by atoms with Crippen LogP contribution in [0.25, 0.3) is 0 Å². The van der Waals surface area contributed by atoms with Crippen LogP contribution in [0.1, 0.15) is 11.1 Å². The largest absolute Gasteiger partial charge is 0.493 e. The van der Waals surface area contributed by atoms with Crippen LogP contribution in [0.15, 0.2) is 24.5 Å². The van der Waals surface area contributed by atoms with E-state index in [1.54, 1.807) is 11.8 Å². The molecule has 0 spiro atoms. The fourth-order valence-corrected chi connectivity index (χ4v) is 2.47. The van der Waals surface area contributed by atoms with Gasteiger partial charge in [0, 0.05) is 25.0 Å². The molecule has 0 unspecified atom stereocenters. The van der Waals surface area contributed by atoms with Crippen LogP contribution in [0.4, 0.5) is 0 Å². The van der Waals surface area contributed by atoms with Crippen LogP contribution >= 0.6 is 27.5 Å². The van der Waals surface area contributed by atoms with Crippen molar-refractivity contribution in [3.8, 4) is 11.5 Å². The van der Waals surface area contributed by atoms with Crippen molar-refractivity contribution in [2.75, 3.05) is 13.7 Å². The van der Waals surface area contributed by atoms with Gasteiger partial charge in [-0.05, 0) is 23.3 Å². The summed E-state index contributed by atoms with van der Waals surface area (Å²) in [5.74, 6) is 1.24. The molecule has 0 aliphatic rings. The van der Waals surface area contributed by atoms with Crippen LogP contribution in [-0.4, -0.2) is 23.5 Å². The van der Waals surface area contributed by atoms with Crippen molar-refractivity contribution in [2.24, 2.45) is 7.05 Å². The maximum absolute atomic E-state index is 6.24. The first-order valence-corrected chi connectivity index (χ1v) is 7.66. The number of ether oxygens (including phenoxy) is 2. The molecule has 108 valence electrons. The van der Waals surface area contributed by atoms with Gasteiger partial charge in [0.05, 0.1) is 24.9 Å². The Morgan fingerprint density at radius 1 is 1.35 bits per heavy atom. The highest BCUT2D eigenvalue weighted by Crippen LogP contribution is 2.37. The lowest BCUT2D eigenvalue weighted by Gasteiger charge is -2.13. The first-order chi connectivity index (χ1) is 9.63. The van der Waals surface area contributed by atoms with E-state index in [0.717, 1.165) is 22.9 Å². The molecule has 0 N–H and O–H groups in total. The topological polar surface area (TPSA) is 36.3 Å². The molecule has 0 bridgehead atoms. The standard InChI is InChI=1S/C14H16BrClN2O2/c1-18-9-10(8-17-18)3-4-20-14-12(16)5-11(7-15)6-13(14)19-2/h5-6,8-9H,3-4,7H2,1-2H3. The molecule has 2 rings (SSSR count). The smallest absolute Gasteiger partial charge is 0.179 e. The van der Waals surface area contributed by atoms with Crippen molar-refractivity contribution in [2.45, 2.75) is 11.8 Å². The molecule has 0 aliphatic carbocycles. The Bertz CT molecular complexity index is 587. The number of aryl methyl sites for hydroxylation is 1. The number of hydrogen-bond acceptors (Lipinski definition) is 3. The van der Waals surface area contributed by atoms with Crippen LogP contribution in [0.2, 0.25) is 5.02 Å². The number of nitrogens with zero attached hydrogens (tertiary/aromatic N) is 2. The van der Waals surface area contributed by atoms with Crippen molar-refractivity contribution >= 4 is 27.5 Å². The number of rotatable bonds is 6. The molecular formula is C14H16BrClN2O2. The summed E-state index contributed by atoms with van der Waals surface area (Å²) in [6.45, 7) is 0.523. The van der Waals surface area contributed by atoms with E-state index in [9.17, 15) is 0 Å². The average Bonchev–Trinajstić information content (AvgIpc) is 2.85. The van der Waals surface area contributed by atoms with Gasteiger partial charge in [0.15, 0.2) is 11.5 Å². The van der Waals surface area contributed by atoms with Crippen molar-refractivity contribution in [1.29, 1.82) is 0 Å². The van der Waals surface area contributed by atoms with Gasteiger partial charge in [-0.1, -0.05) is 27.5 Å². The fraction of sp³-hybridized carbons (Fsp3) is 0.357. The summed E-state index contributed by atoms with van der Waals surface area (Å²) in [4.78, 5) is 0. The summed E-state index contributed by atoms with van der Waals surface area (Å²) in [6, 6.07) is 3.79. The number of aromatic nitrogens is 2. The summed E-state index contributed by atoms with van der Waals surface area (Å²) in [5.41, 5.74) is 2.17. The maximum atomic E-state index is 6.24. The second kappa shape index (κ2) is 6.99. The summed E-state index contributed by atoms with van der Waals surface area (Å²) >= 11 is 9.64. The summed E-state index contributed by atoms with van der Waals surface area (Å²) in [7, 11) is 3.50. The molecule has 20 heavy (non-hydrogen) atoms. The highest BCUT2D eigenvalue weighted by atomic mass is 79.9. The molecule has 1 aromatic heterocycles. The SMILES string of the molecule is COc1cc(CBr)cc(Cl)c1OCCc1cnn(C)c1. The van der Waals surface area contributed by atoms with Crippen LogP contribution in [-0.2, 0) is 18.8 Å². The molecule has 0 atom stereocenters. The van der Waals surface area contributed by atoms with E-state index in [1.165, 1.54) is 0 Å². The van der Waals surface area contributed by atoms with E-state index in [0.29, 0.717) is 23.1 Å². The third-order valence-corrected chi connectivity index (χ3v) is 3.77. The molecule has 0 amide bonds. The van der Waals surface area contributed by atoms with Crippen molar-refractivity contribution < 1.29 is 9.47 Å². The monoisotopic (exact) mass is 358 g/mol. The highest BCUT2D eigenvalue weighted by Gasteiger charge is 2.11.